The number of hydrogen-bond acceptors (Lipinski definition) is 3. The Balaban J connectivity index is 1.70. The molecule has 1 aromatic heterocycles. The molecule has 2 rings (SSSR count). The average molecular weight is 208 g/mol. The van der Waals surface area contributed by atoms with Crippen LogP contribution in [0.4, 0.5) is 0 Å². The van der Waals surface area contributed by atoms with E-state index in [2.05, 4.69) is 27.8 Å². The smallest absolute Gasteiger partial charge is 0.0963 e. The summed E-state index contributed by atoms with van der Waals surface area (Å²) >= 11 is 1.83. The van der Waals surface area contributed by atoms with E-state index in [1.807, 2.05) is 11.3 Å². The third kappa shape index (κ3) is 2.84. The van der Waals surface area contributed by atoms with Gasteiger partial charge in [0.25, 0.3) is 0 Å². The van der Waals surface area contributed by atoms with Crippen LogP contribution in [0.25, 0.3) is 0 Å². The van der Waals surface area contributed by atoms with Gasteiger partial charge < -0.3 is 5.32 Å². The third-order valence-electron chi connectivity index (χ3n) is 2.40. The summed E-state index contributed by atoms with van der Waals surface area (Å²) in [5.74, 6) is 1.22. The molecule has 1 aliphatic rings. The van der Waals surface area contributed by atoms with Crippen molar-refractivity contribution in [2.75, 3.05) is 13.1 Å². The van der Waals surface area contributed by atoms with Crippen LogP contribution >= 0.6 is 11.3 Å². The Kier molecular flexibility index (Phi) is 3.57. The van der Waals surface area contributed by atoms with Crippen LogP contribution < -0.4 is 5.32 Å². The molecule has 0 bridgehead atoms. The van der Waals surface area contributed by atoms with Gasteiger partial charge in [-0.3, -0.25) is 4.99 Å². The molecular weight excluding hydrogens is 192 g/mol. The van der Waals surface area contributed by atoms with Crippen LogP contribution in [0.15, 0.2) is 22.5 Å². The zero-order valence-corrected chi connectivity index (χ0v) is 9.15. The highest BCUT2D eigenvalue weighted by Crippen LogP contribution is 2.08. The fourth-order valence-electron chi connectivity index (χ4n) is 1.63. The maximum atomic E-state index is 4.46. The summed E-state index contributed by atoms with van der Waals surface area (Å²) in [6, 6.07) is 4.30. The van der Waals surface area contributed by atoms with Crippen LogP contribution in [0.5, 0.6) is 0 Å². The van der Waals surface area contributed by atoms with Crippen molar-refractivity contribution in [2.45, 2.75) is 25.7 Å². The molecule has 0 atom stereocenters. The minimum Gasteiger partial charge on any atom is -0.373 e. The summed E-state index contributed by atoms with van der Waals surface area (Å²) in [5, 5.41) is 5.55. The van der Waals surface area contributed by atoms with Gasteiger partial charge in [0, 0.05) is 24.4 Å². The quantitative estimate of drug-likeness (QED) is 0.810. The van der Waals surface area contributed by atoms with Gasteiger partial charge in [0.1, 0.15) is 0 Å². The highest BCUT2D eigenvalue weighted by molar-refractivity contribution is 7.09. The van der Waals surface area contributed by atoms with E-state index in [9.17, 15) is 0 Å². The topological polar surface area (TPSA) is 24.4 Å². The van der Waals surface area contributed by atoms with Crippen LogP contribution in [-0.4, -0.2) is 18.9 Å². The first kappa shape index (κ1) is 9.71. The molecular formula is C11H16N2S. The second-order valence-electron chi connectivity index (χ2n) is 3.54. The molecule has 0 saturated heterocycles. The fraction of sp³-hybridized carbons (Fsp3) is 0.545. The Morgan fingerprint density at radius 3 is 3.14 bits per heavy atom. The summed E-state index contributed by atoms with van der Waals surface area (Å²) in [5.41, 5.74) is 0. The Labute approximate surface area is 89.1 Å². The lowest BCUT2D eigenvalue weighted by atomic mass is 10.2. The molecule has 0 unspecified atom stereocenters. The lowest BCUT2D eigenvalue weighted by Crippen LogP contribution is -2.27. The van der Waals surface area contributed by atoms with Crippen molar-refractivity contribution in [2.24, 2.45) is 4.99 Å². The second-order valence-corrected chi connectivity index (χ2v) is 4.57. The van der Waals surface area contributed by atoms with Gasteiger partial charge in [-0.15, -0.1) is 11.3 Å². The van der Waals surface area contributed by atoms with Gasteiger partial charge in [0.15, 0.2) is 0 Å². The van der Waals surface area contributed by atoms with Crippen molar-refractivity contribution in [3.8, 4) is 0 Å². The van der Waals surface area contributed by atoms with Crippen molar-refractivity contribution in [1.82, 2.24) is 5.32 Å². The molecule has 0 spiro atoms. The largest absolute Gasteiger partial charge is 0.373 e. The SMILES string of the molecule is c1csc(CCNC2=NCCCC2)c1. The summed E-state index contributed by atoms with van der Waals surface area (Å²) in [6.07, 6.45) is 4.82. The van der Waals surface area contributed by atoms with Gasteiger partial charge in [0.2, 0.25) is 0 Å². The molecule has 2 heterocycles. The number of rotatable bonds is 3. The zero-order valence-electron chi connectivity index (χ0n) is 8.33. The molecule has 76 valence electrons. The Morgan fingerprint density at radius 2 is 2.43 bits per heavy atom. The maximum Gasteiger partial charge on any atom is 0.0963 e. The average Bonchev–Trinajstić information content (AvgIpc) is 2.72. The summed E-state index contributed by atoms with van der Waals surface area (Å²) < 4.78 is 0. The van der Waals surface area contributed by atoms with Crippen LogP contribution in [-0.2, 0) is 6.42 Å². The van der Waals surface area contributed by atoms with Crippen molar-refractivity contribution < 1.29 is 0 Å². The van der Waals surface area contributed by atoms with Gasteiger partial charge in [-0.25, -0.2) is 0 Å². The molecule has 1 aromatic rings. The highest BCUT2D eigenvalue weighted by Gasteiger charge is 2.03. The van der Waals surface area contributed by atoms with Crippen molar-refractivity contribution >= 4 is 17.2 Å². The zero-order chi connectivity index (χ0) is 9.64. The molecule has 0 aliphatic carbocycles. The number of nitrogens with one attached hydrogen (secondary N) is 1. The second kappa shape index (κ2) is 5.15. The van der Waals surface area contributed by atoms with Crippen molar-refractivity contribution in [1.29, 1.82) is 0 Å². The van der Waals surface area contributed by atoms with Gasteiger partial charge >= 0.3 is 0 Å². The molecule has 14 heavy (non-hydrogen) atoms. The normalized spacial score (nSPS) is 16.4. The summed E-state index contributed by atoms with van der Waals surface area (Å²) in [6.45, 7) is 2.04. The number of hydrogen-bond donors (Lipinski definition) is 1. The van der Waals surface area contributed by atoms with Crippen LogP contribution in [0, 0.1) is 0 Å². The number of nitrogens with zero attached hydrogens (tertiary/aromatic N) is 1. The standard InChI is InChI=1S/C11H16N2S/c1-2-7-12-11(5-1)13-8-6-10-4-3-9-14-10/h3-4,9H,1-2,5-8H2,(H,12,13). The molecule has 3 heteroatoms. The van der Waals surface area contributed by atoms with Gasteiger partial charge in [-0.05, 0) is 30.7 Å². The highest BCUT2D eigenvalue weighted by atomic mass is 32.1. The number of aliphatic imine (C=N–C) groups is 1. The number of amidine groups is 1. The minimum absolute atomic E-state index is 1.02. The van der Waals surface area contributed by atoms with E-state index < -0.39 is 0 Å². The summed E-state index contributed by atoms with van der Waals surface area (Å²) in [7, 11) is 0. The maximum absolute atomic E-state index is 4.46. The van der Waals surface area contributed by atoms with Crippen LogP contribution in [0.3, 0.4) is 0 Å². The van der Waals surface area contributed by atoms with Gasteiger partial charge in [0.05, 0.1) is 5.84 Å². The van der Waals surface area contributed by atoms with Crippen molar-refractivity contribution in [3.05, 3.63) is 22.4 Å². The van der Waals surface area contributed by atoms with Crippen LogP contribution in [0.2, 0.25) is 0 Å². The molecule has 0 radical (unpaired) electrons. The van der Waals surface area contributed by atoms with Gasteiger partial charge in [-0.2, -0.15) is 0 Å². The van der Waals surface area contributed by atoms with Crippen LogP contribution in [0.1, 0.15) is 24.1 Å². The van der Waals surface area contributed by atoms with E-state index in [4.69, 9.17) is 0 Å². The van der Waals surface area contributed by atoms with E-state index in [1.165, 1.54) is 23.6 Å². The van der Waals surface area contributed by atoms with E-state index in [-0.39, 0.29) is 0 Å². The first-order valence-electron chi connectivity index (χ1n) is 5.25. The molecule has 0 saturated carbocycles. The fourth-order valence-corrected chi connectivity index (χ4v) is 2.34. The molecule has 2 nitrogen and oxygen atoms in total. The Morgan fingerprint density at radius 1 is 1.43 bits per heavy atom. The molecule has 1 aliphatic heterocycles. The lowest BCUT2D eigenvalue weighted by molar-refractivity contribution is 0.705. The predicted molar refractivity (Wildman–Crippen MR) is 62.2 cm³/mol. The lowest BCUT2D eigenvalue weighted by Gasteiger charge is -2.13. The predicted octanol–water partition coefficient (Wildman–Crippen LogP) is 2.46. The Hall–Kier alpha value is -0.830. The van der Waals surface area contributed by atoms with E-state index in [1.54, 1.807) is 0 Å². The molecule has 0 aromatic carbocycles. The third-order valence-corrected chi connectivity index (χ3v) is 3.34. The first-order chi connectivity index (χ1) is 6.95. The number of thiophene rings is 1. The Bertz CT molecular complexity index is 290. The minimum atomic E-state index is 1.02. The van der Waals surface area contributed by atoms with E-state index >= 15 is 0 Å². The summed E-state index contributed by atoms with van der Waals surface area (Å²) in [4.78, 5) is 5.91. The molecule has 1 N–H and O–H groups in total. The molecule has 0 amide bonds. The van der Waals surface area contributed by atoms with E-state index in [0.717, 1.165) is 25.9 Å². The van der Waals surface area contributed by atoms with Gasteiger partial charge in [-0.1, -0.05) is 6.07 Å². The van der Waals surface area contributed by atoms with Crippen molar-refractivity contribution in [3.63, 3.8) is 0 Å². The molecule has 0 fully saturated rings. The van der Waals surface area contributed by atoms with E-state index in [0.29, 0.717) is 0 Å². The monoisotopic (exact) mass is 208 g/mol. The first-order valence-corrected chi connectivity index (χ1v) is 6.13.